The smallest absolute Gasteiger partial charge is 0.227 e. The lowest BCUT2D eigenvalue weighted by Gasteiger charge is -2.28. The number of nitrogens with zero attached hydrogens (tertiary/aromatic N) is 7. The predicted octanol–water partition coefficient (Wildman–Crippen LogP) is 0.774. The second-order valence-corrected chi connectivity index (χ2v) is 6.82. The highest BCUT2D eigenvalue weighted by atomic mass is 16.5. The molecule has 8 nitrogen and oxygen atoms in total. The van der Waals surface area contributed by atoms with Crippen molar-refractivity contribution in [3.63, 3.8) is 0 Å². The summed E-state index contributed by atoms with van der Waals surface area (Å²) in [5, 5.41) is 0. The maximum absolute atomic E-state index is 5.47. The van der Waals surface area contributed by atoms with Gasteiger partial charge in [0, 0.05) is 64.7 Å². The van der Waals surface area contributed by atoms with Crippen LogP contribution in [0.25, 0.3) is 0 Å². The molecule has 2 aromatic rings. The van der Waals surface area contributed by atoms with Crippen molar-refractivity contribution in [1.29, 1.82) is 0 Å². The molecular weight excluding hydrogens is 330 g/mol. The van der Waals surface area contributed by atoms with Crippen LogP contribution in [0.5, 0.6) is 0 Å². The lowest BCUT2D eigenvalue weighted by atomic mass is 10.1. The van der Waals surface area contributed by atoms with Crippen LogP contribution in [0.15, 0.2) is 18.6 Å². The van der Waals surface area contributed by atoms with Crippen LogP contribution in [0.4, 0.5) is 17.6 Å². The van der Waals surface area contributed by atoms with E-state index in [4.69, 9.17) is 14.7 Å². The van der Waals surface area contributed by atoms with Crippen LogP contribution in [-0.2, 0) is 17.6 Å². The van der Waals surface area contributed by atoms with E-state index in [0.717, 1.165) is 75.5 Å². The summed E-state index contributed by atoms with van der Waals surface area (Å²) in [5.74, 6) is 2.77. The standard InChI is InChI=1S/C18H25N7O/c1-23(2)17-14-3-7-24(16-13-19-5-6-20-16)8-4-15(14)21-18(22-17)25-9-11-26-12-10-25/h5-6,13H,3-4,7-12H2,1-2H3. The van der Waals surface area contributed by atoms with Gasteiger partial charge in [-0.1, -0.05) is 0 Å². The van der Waals surface area contributed by atoms with Crippen LogP contribution in [0.3, 0.4) is 0 Å². The van der Waals surface area contributed by atoms with Crippen molar-refractivity contribution in [2.24, 2.45) is 0 Å². The minimum atomic E-state index is 0.734. The number of rotatable bonds is 3. The van der Waals surface area contributed by atoms with Crippen molar-refractivity contribution in [1.82, 2.24) is 19.9 Å². The van der Waals surface area contributed by atoms with E-state index in [0.29, 0.717) is 0 Å². The summed E-state index contributed by atoms with van der Waals surface area (Å²) in [7, 11) is 4.11. The SMILES string of the molecule is CN(C)c1nc(N2CCOCC2)nc2c1CCN(c1cnccn1)CC2. The number of hydrogen-bond acceptors (Lipinski definition) is 8. The van der Waals surface area contributed by atoms with E-state index in [1.807, 2.05) is 6.20 Å². The van der Waals surface area contributed by atoms with Crippen molar-refractivity contribution in [2.75, 3.05) is 68.2 Å². The molecule has 0 N–H and O–H groups in total. The Morgan fingerprint density at radius 1 is 0.962 bits per heavy atom. The molecule has 0 saturated carbocycles. The van der Waals surface area contributed by atoms with E-state index in [-0.39, 0.29) is 0 Å². The first-order chi connectivity index (χ1) is 12.7. The Bertz CT molecular complexity index is 747. The van der Waals surface area contributed by atoms with Gasteiger partial charge in [0.25, 0.3) is 0 Å². The molecule has 0 unspecified atom stereocenters. The molecule has 0 aliphatic carbocycles. The average molecular weight is 355 g/mol. The number of aromatic nitrogens is 4. The van der Waals surface area contributed by atoms with Crippen molar-refractivity contribution >= 4 is 17.6 Å². The zero-order valence-electron chi connectivity index (χ0n) is 15.4. The van der Waals surface area contributed by atoms with Gasteiger partial charge in [-0.05, 0) is 6.42 Å². The summed E-state index contributed by atoms with van der Waals surface area (Å²) in [4.78, 5) is 25.1. The molecule has 8 heteroatoms. The maximum Gasteiger partial charge on any atom is 0.227 e. The van der Waals surface area contributed by atoms with Crippen molar-refractivity contribution < 1.29 is 4.74 Å². The molecule has 2 aliphatic rings. The van der Waals surface area contributed by atoms with Gasteiger partial charge in [-0.2, -0.15) is 4.98 Å². The molecule has 1 fully saturated rings. The van der Waals surface area contributed by atoms with Crippen molar-refractivity contribution in [3.05, 3.63) is 29.8 Å². The molecule has 0 amide bonds. The third kappa shape index (κ3) is 3.41. The Labute approximate surface area is 153 Å². The highest BCUT2D eigenvalue weighted by Crippen LogP contribution is 2.27. The summed E-state index contributed by atoms with van der Waals surface area (Å²) in [6.45, 7) is 4.94. The van der Waals surface area contributed by atoms with Gasteiger partial charge in [-0.3, -0.25) is 4.98 Å². The fourth-order valence-corrected chi connectivity index (χ4v) is 3.53. The zero-order valence-corrected chi connectivity index (χ0v) is 15.4. The summed E-state index contributed by atoms with van der Waals surface area (Å²) >= 11 is 0. The summed E-state index contributed by atoms with van der Waals surface area (Å²) < 4.78 is 5.47. The van der Waals surface area contributed by atoms with Crippen molar-refractivity contribution in [3.8, 4) is 0 Å². The number of ether oxygens (including phenoxy) is 1. The fraction of sp³-hybridized carbons (Fsp3) is 0.556. The largest absolute Gasteiger partial charge is 0.378 e. The van der Waals surface area contributed by atoms with E-state index in [2.05, 4.69) is 38.8 Å². The van der Waals surface area contributed by atoms with Gasteiger partial charge in [0.15, 0.2) is 0 Å². The van der Waals surface area contributed by atoms with Gasteiger partial charge in [-0.25, -0.2) is 9.97 Å². The Morgan fingerprint density at radius 2 is 1.77 bits per heavy atom. The molecule has 1 saturated heterocycles. The topological polar surface area (TPSA) is 70.5 Å². The summed E-state index contributed by atoms with van der Waals surface area (Å²) in [6, 6.07) is 0. The summed E-state index contributed by atoms with van der Waals surface area (Å²) in [5.41, 5.74) is 2.40. The van der Waals surface area contributed by atoms with Gasteiger partial charge in [0.05, 0.1) is 25.1 Å². The number of hydrogen-bond donors (Lipinski definition) is 0. The first-order valence-corrected chi connectivity index (χ1v) is 9.13. The van der Waals surface area contributed by atoms with Gasteiger partial charge in [0.1, 0.15) is 11.6 Å². The van der Waals surface area contributed by atoms with Gasteiger partial charge in [-0.15, -0.1) is 0 Å². The third-order valence-corrected chi connectivity index (χ3v) is 4.90. The number of fused-ring (bicyclic) bond motifs is 1. The average Bonchev–Trinajstić information content (AvgIpc) is 2.91. The molecule has 2 aliphatic heterocycles. The van der Waals surface area contributed by atoms with Crippen LogP contribution in [-0.4, -0.2) is 73.4 Å². The Morgan fingerprint density at radius 3 is 2.50 bits per heavy atom. The molecular formula is C18H25N7O. The number of morpholine rings is 1. The van der Waals surface area contributed by atoms with E-state index in [9.17, 15) is 0 Å². The molecule has 2 aromatic heterocycles. The van der Waals surface area contributed by atoms with Gasteiger partial charge in [0.2, 0.25) is 5.95 Å². The van der Waals surface area contributed by atoms with E-state index in [1.54, 1.807) is 12.4 Å². The number of anilines is 3. The van der Waals surface area contributed by atoms with Gasteiger partial charge >= 0.3 is 0 Å². The van der Waals surface area contributed by atoms with Gasteiger partial charge < -0.3 is 19.4 Å². The maximum atomic E-state index is 5.47. The molecule has 0 radical (unpaired) electrons. The first kappa shape index (κ1) is 17.0. The molecule has 4 rings (SSSR count). The Kier molecular flexibility index (Phi) is 4.83. The Hall–Kier alpha value is -2.48. The molecule has 0 aromatic carbocycles. The first-order valence-electron chi connectivity index (χ1n) is 9.13. The highest BCUT2D eigenvalue weighted by molar-refractivity contribution is 5.54. The fourth-order valence-electron chi connectivity index (χ4n) is 3.53. The highest BCUT2D eigenvalue weighted by Gasteiger charge is 2.24. The lowest BCUT2D eigenvalue weighted by Crippen LogP contribution is -2.38. The molecule has 138 valence electrons. The predicted molar refractivity (Wildman–Crippen MR) is 101 cm³/mol. The van der Waals surface area contributed by atoms with Crippen molar-refractivity contribution in [2.45, 2.75) is 12.8 Å². The Balaban J connectivity index is 1.64. The summed E-state index contributed by atoms with van der Waals surface area (Å²) in [6.07, 6.45) is 7.07. The van der Waals surface area contributed by atoms with Crippen LogP contribution >= 0.6 is 0 Å². The second kappa shape index (κ2) is 7.41. The molecule has 0 spiro atoms. The second-order valence-electron chi connectivity index (χ2n) is 6.82. The minimum Gasteiger partial charge on any atom is -0.378 e. The zero-order chi connectivity index (χ0) is 17.9. The van der Waals surface area contributed by atoms with Crippen LogP contribution in [0.1, 0.15) is 11.3 Å². The minimum absolute atomic E-state index is 0.734. The molecule has 0 atom stereocenters. The quantitative estimate of drug-likeness (QED) is 0.800. The lowest BCUT2D eigenvalue weighted by molar-refractivity contribution is 0.122. The molecule has 4 heterocycles. The van der Waals surface area contributed by atoms with E-state index >= 15 is 0 Å². The molecule has 26 heavy (non-hydrogen) atoms. The van der Waals surface area contributed by atoms with Crippen LogP contribution < -0.4 is 14.7 Å². The third-order valence-electron chi connectivity index (χ3n) is 4.90. The monoisotopic (exact) mass is 355 g/mol. The normalized spacial score (nSPS) is 17.6. The van der Waals surface area contributed by atoms with Crippen LogP contribution in [0, 0.1) is 0 Å². The van der Waals surface area contributed by atoms with Crippen LogP contribution in [0.2, 0.25) is 0 Å². The van der Waals surface area contributed by atoms with E-state index < -0.39 is 0 Å². The van der Waals surface area contributed by atoms with E-state index in [1.165, 1.54) is 5.56 Å². The molecule has 0 bridgehead atoms.